The second kappa shape index (κ2) is 4.93. The molecule has 1 aromatic heterocycles. The smallest absolute Gasteiger partial charge is 0.202 e. The minimum Gasteiger partial charge on any atom is -0.356 e. The van der Waals surface area contributed by atoms with Crippen molar-refractivity contribution >= 4 is 32.6 Å². The zero-order valence-electron chi connectivity index (χ0n) is 9.12. The third kappa shape index (κ3) is 2.80. The molecule has 84 valence electrons. The van der Waals surface area contributed by atoms with Crippen molar-refractivity contribution in [3.8, 4) is 0 Å². The highest BCUT2D eigenvalue weighted by Crippen LogP contribution is 2.20. The van der Waals surface area contributed by atoms with Gasteiger partial charge in [0.05, 0.1) is 0 Å². The number of aromatic nitrogens is 2. The van der Waals surface area contributed by atoms with E-state index in [-0.39, 0.29) is 0 Å². The van der Waals surface area contributed by atoms with Crippen molar-refractivity contribution in [3.05, 3.63) is 39.6 Å². The molecule has 0 spiro atoms. The average molecular weight is 298 g/mol. The average Bonchev–Trinajstić information content (AvgIpc) is 2.63. The quantitative estimate of drug-likeness (QED) is 0.942. The van der Waals surface area contributed by atoms with E-state index in [9.17, 15) is 0 Å². The number of benzene rings is 1. The molecule has 0 fully saturated rings. The Balaban J connectivity index is 2.04. The van der Waals surface area contributed by atoms with Crippen molar-refractivity contribution in [2.24, 2.45) is 0 Å². The Morgan fingerprint density at radius 1 is 1.38 bits per heavy atom. The van der Waals surface area contributed by atoms with E-state index in [1.807, 2.05) is 6.92 Å². The molecule has 0 saturated heterocycles. The molecule has 0 unspecified atom stereocenters. The van der Waals surface area contributed by atoms with Crippen LogP contribution in [0.4, 0.5) is 5.13 Å². The van der Waals surface area contributed by atoms with E-state index in [0.717, 1.165) is 22.0 Å². The Morgan fingerprint density at radius 3 is 2.81 bits per heavy atom. The Hall–Kier alpha value is -0.940. The summed E-state index contributed by atoms with van der Waals surface area (Å²) in [5.74, 6) is 0.815. The molecule has 3 nitrogen and oxygen atoms in total. The molecule has 5 heteroatoms. The topological polar surface area (TPSA) is 37.8 Å². The van der Waals surface area contributed by atoms with E-state index in [0.29, 0.717) is 0 Å². The van der Waals surface area contributed by atoms with Crippen LogP contribution in [0.15, 0.2) is 22.7 Å². The summed E-state index contributed by atoms with van der Waals surface area (Å²) in [6.45, 7) is 4.73. The van der Waals surface area contributed by atoms with Gasteiger partial charge in [-0.25, -0.2) is 4.98 Å². The molecule has 0 amide bonds. The fourth-order valence-corrected chi connectivity index (χ4v) is 2.54. The number of hydrogen-bond acceptors (Lipinski definition) is 4. The Morgan fingerprint density at radius 2 is 2.19 bits per heavy atom. The van der Waals surface area contributed by atoms with Gasteiger partial charge in [0.1, 0.15) is 5.82 Å². The van der Waals surface area contributed by atoms with Crippen LogP contribution in [0, 0.1) is 13.8 Å². The highest BCUT2D eigenvalue weighted by Gasteiger charge is 2.02. The number of nitrogens with one attached hydrogen (secondary N) is 1. The summed E-state index contributed by atoms with van der Waals surface area (Å²) < 4.78 is 5.25. The summed E-state index contributed by atoms with van der Waals surface area (Å²) in [6.07, 6.45) is 0. The van der Waals surface area contributed by atoms with Crippen molar-refractivity contribution in [2.45, 2.75) is 20.4 Å². The lowest BCUT2D eigenvalue weighted by Crippen LogP contribution is -1.99. The minimum absolute atomic E-state index is 0.759. The predicted molar refractivity (Wildman–Crippen MR) is 70.9 cm³/mol. The van der Waals surface area contributed by atoms with Gasteiger partial charge in [-0.05, 0) is 31.0 Å². The van der Waals surface area contributed by atoms with Gasteiger partial charge < -0.3 is 5.32 Å². The molecular weight excluding hydrogens is 286 g/mol. The van der Waals surface area contributed by atoms with Gasteiger partial charge in [-0.3, -0.25) is 0 Å². The summed E-state index contributed by atoms with van der Waals surface area (Å²) in [5, 5.41) is 4.12. The summed E-state index contributed by atoms with van der Waals surface area (Å²) in [4.78, 5) is 4.25. The molecule has 0 atom stereocenters. The van der Waals surface area contributed by atoms with Crippen LogP contribution < -0.4 is 5.32 Å². The monoisotopic (exact) mass is 297 g/mol. The molecule has 0 aliphatic heterocycles. The number of aryl methyl sites for hydroxylation is 2. The first-order valence-electron chi connectivity index (χ1n) is 4.94. The van der Waals surface area contributed by atoms with Crippen LogP contribution in [0.2, 0.25) is 0 Å². The zero-order chi connectivity index (χ0) is 11.5. The maximum Gasteiger partial charge on any atom is 0.202 e. The lowest BCUT2D eigenvalue weighted by atomic mass is 10.1. The fourth-order valence-electron chi connectivity index (χ4n) is 1.34. The molecule has 0 saturated carbocycles. The van der Waals surface area contributed by atoms with Crippen LogP contribution in [-0.4, -0.2) is 9.36 Å². The van der Waals surface area contributed by atoms with Crippen molar-refractivity contribution < 1.29 is 0 Å². The van der Waals surface area contributed by atoms with Gasteiger partial charge >= 0.3 is 0 Å². The van der Waals surface area contributed by atoms with Gasteiger partial charge in [0.25, 0.3) is 0 Å². The highest BCUT2D eigenvalue weighted by atomic mass is 79.9. The van der Waals surface area contributed by atoms with Gasteiger partial charge in [-0.1, -0.05) is 28.1 Å². The van der Waals surface area contributed by atoms with Gasteiger partial charge in [-0.15, -0.1) is 0 Å². The third-order valence-electron chi connectivity index (χ3n) is 2.17. The summed E-state index contributed by atoms with van der Waals surface area (Å²) in [5.41, 5.74) is 2.47. The lowest BCUT2D eigenvalue weighted by Gasteiger charge is -2.05. The first kappa shape index (κ1) is 11.5. The normalized spacial score (nSPS) is 10.4. The molecule has 16 heavy (non-hydrogen) atoms. The van der Waals surface area contributed by atoms with E-state index < -0.39 is 0 Å². The second-order valence-corrected chi connectivity index (χ2v) is 5.20. The van der Waals surface area contributed by atoms with Gasteiger partial charge in [0, 0.05) is 22.5 Å². The third-order valence-corrected chi connectivity index (χ3v) is 3.67. The molecule has 0 bridgehead atoms. The molecule has 0 aliphatic rings. The minimum atomic E-state index is 0.759. The van der Waals surface area contributed by atoms with E-state index in [1.54, 1.807) is 0 Å². The molecule has 2 rings (SSSR count). The predicted octanol–water partition coefficient (Wildman–Crippen LogP) is 3.53. The highest BCUT2D eigenvalue weighted by molar-refractivity contribution is 9.10. The second-order valence-electron chi connectivity index (χ2n) is 3.60. The maximum absolute atomic E-state index is 4.25. The lowest BCUT2D eigenvalue weighted by molar-refractivity contribution is 1.09. The van der Waals surface area contributed by atoms with Crippen molar-refractivity contribution in [2.75, 3.05) is 5.32 Å². The molecule has 0 radical (unpaired) electrons. The SMILES string of the molecule is Cc1ccc(CNc2nc(C)ns2)c(Br)c1. The Kier molecular flexibility index (Phi) is 3.56. The summed E-state index contributed by atoms with van der Waals surface area (Å²) >= 11 is 4.94. The number of anilines is 1. The zero-order valence-corrected chi connectivity index (χ0v) is 11.5. The van der Waals surface area contributed by atoms with Gasteiger partial charge in [-0.2, -0.15) is 4.37 Å². The van der Waals surface area contributed by atoms with Gasteiger partial charge in [0.15, 0.2) is 0 Å². The molecular formula is C11H12BrN3S. The van der Waals surface area contributed by atoms with Gasteiger partial charge in [0.2, 0.25) is 5.13 Å². The molecule has 1 heterocycles. The number of hydrogen-bond donors (Lipinski definition) is 1. The van der Waals surface area contributed by atoms with Crippen LogP contribution in [0.5, 0.6) is 0 Å². The maximum atomic E-state index is 4.25. The molecule has 0 aliphatic carbocycles. The van der Waals surface area contributed by atoms with Crippen LogP contribution in [0.25, 0.3) is 0 Å². The van der Waals surface area contributed by atoms with Crippen LogP contribution >= 0.6 is 27.5 Å². The largest absolute Gasteiger partial charge is 0.356 e. The summed E-state index contributed by atoms with van der Waals surface area (Å²) in [6, 6.07) is 6.33. The van der Waals surface area contributed by atoms with E-state index in [4.69, 9.17) is 0 Å². The van der Waals surface area contributed by atoms with Crippen molar-refractivity contribution in [1.29, 1.82) is 0 Å². The molecule has 1 N–H and O–H groups in total. The number of rotatable bonds is 3. The van der Waals surface area contributed by atoms with E-state index >= 15 is 0 Å². The first-order valence-corrected chi connectivity index (χ1v) is 6.51. The standard InChI is InChI=1S/C11H12BrN3S/c1-7-3-4-9(10(12)5-7)6-13-11-14-8(2)15-16-11/h3-5H,6H2,1-2H3,(H,13,14,15). The Labute approximate surface area is 107 Å². The van der Waals surface area contributed by atoms with Crippen LogP contribution in [0.3, 0.4) is 0 Å². The van der Waals surface area contributed by atoms with Crippen LogP contribution in [0.1, 0.15) is 17.0 Å². The van der Waals surface area contributed by atoms with Crippen molar-refractivity contribution in [3.63, 3.8) is 0 Å². The van der Waals surface area contributed by atoms with Crippen LogP contribution in [-0.2, 0) is 6.54 Å². The number of halogens is 1. The number of nitrogens with zero attached hydrogens (tertiary/aromatic N) is 2. The van der Waals surface area contributed by atoms with Crippen molar-refractivity contribution in [1.82, 2.24) is 9.36 Å². The summed E-state index contributed by atoms with van der Waals surface area (Å²) in [7, 11) is 0. The first-order chi connectivity index (χ1) is 7.65. The molecule has 1 aromatic carbocycles. The molecule has 2 aromatic rings. The van der Waals surface area contributed by atoms with E-state index in [1.165, 1.54) is 22.7 Å². The van der Waals surface area contributed by atoms with E-state index in [2.05, 4.69) is 55.7 Å². The Bertz CT molecular complexity index is 496. The fraction of sp³-hybridized carbons (Fsp3) is 0.273.